The summed E-state index contributed by atoms with van der Waals surface area (Å²) in [6.07, 6.45) is 1.91. The monoisotopic (exact) mass is 411 g/mol. The third kappa shape index (κ3) is 4.87. The topological polar surface area (TPSA) is 74.5 Å². The maximum atomic E-state index is 12.7. The number of halogens is 1. The summed E-state index contributed by atoms with van der Waals surface area (Å²) in [6.45, 7) is 7.01. The van der Waals surface area contributed by atoms with Crippen molar-refractivity contribution in [2.24, 2.45) is 5.92 Å². The van der Waals surface area contributed by atoms with Crippen LogP contribution in [0.25, 0.3) is 10.7 Å². The van der Waals surface area contributed by atoms with Crippen LogP contribution in [0, 0.1) is 5.92 Å². The molecule has 4 rings (SSSR count). The van der Waals surface area contributed by atoms with Gasteiger partial charge in [-0.1, -0.05) is 11.2 Å². The van der Waals surface area contributed by atoms with Gasteiger partial charge in [0.2, 0.25) is 17.6 Å². The fourth-order valence-electron chi connectivity index (χ4n) is 3.76. The molecular formula is C18H26ClN5O2S. The second-order valence-electron chi connectivity index (χ2n) is 7.17. The molecule has 2 saturated heterocycles. The molecule has 2 aromatic heterocycles. The van der Waals surface area contributed by atoms with Crippen molar-refractivity contribution in [2.45, 2.75) is 32.4 Å². The third-order valence-electron chi connectivity index (χ3n) is 5.23. The number of nitrogens with one attached hydrogen (secondary N) is 1. The first-order valence-corrected chi connectivity index (χ1v) is 10.2. The Balaban J connectivity index is 0.00000210. The normalized spacial score (nSPS) is 23.8. The van der Waals surface area contributed by atoms with Gasteiger partial charge in [-0.15, -0.1) is 23.7 Å². The van der Waals surface area contributed by atoms with Crippen LogP contribution in [-0.2, 0) is 11.3 Å². The highest BCUT2D eigenvalue weighted by Crippen LogP contribution is 2.22. The Bertz CT molecular complexity index is 730. The Labute approximate surface area is 169 Å². The van der Waals surface area contributed by atoms with Gasteiger partial charge < -0.3 is 14.7 Å². The first-order chi connectivity index (χ1) is 12.7. The fourth-order valence-corrected chi connectivity index (χ4v) is 4.41. The van der Waals surface area contributed by atoms with E-state index >= 15 is 0 Å². The number of nitrogens with zero attached hydrogens (tertiary/aromatic N) is 4. The van der Waals surface area contributed by atoms with Gasteiger partial charge >= 0.3 is 0 Å². The van der Waals surface area contributed by atoms with Crippen LogP contribution >= 0.6 is 23.7 Å². The van der Waals surface area contributed by atoms with E-state index in [-0.39, 0.29) is 18.3 Å². The molecule has 0 aliphatic carbocycles. The SMILES string of the molecule is C[C@H]1C[C@@H](C(=O)N2CCN(Cc3nc(-c4cccs4)no3)CC2)CCN1.Cl. The summed E-state index contributed by atoms with van der Waals surface area (Å²) >= 11 is 1.61. The number of hydrogen-bond acceptors (Lipinski definition) is 7. The van der Waals surface area contributed by atoms with Gasteiger partial charge in [-0.05, 0) is 37.8 Å². The average molecular weight is 412 g/mol. The molecule has 148 valence electrons. The molecule has 7 nitrogen and oxygen atoms in total. The lowest BCUT2D eigenvalue weighted by atomic mass is 9.92. The summed E-state index contributed by atoms with van der Waals surface area (Å²) in [5, 5.41) is 9.48. The molecule has 2 atom stereocenters. The van der Waals surface area contributed by atoms with Crippen molar-refractivity contribution in [1.82, 2.24) is 25.3 Å². The molecule has 0 radical (unpaired) electrons. The van der Waals surface area contributed by atoms with Crippen LogP contribution in [0.3, 0.4) is 0 Å². The largest absolute Gasteiger partial charge is 0.340 e. The molecule has 0 aromatic carbocycles. The molecule has 2 aromatic rings. The molecule has 0 saturated carbocycles. The number of carbonyl (C=O) groups excluding carboxylic acids is 1. The molecule has 2 aliphatic rings. The average Bonchev–Trinajstić information content (AvgIpc) is 3.33. The summed E-state index contributed by atoms with van der Waals surface area (Å²) in [4.78, 5) is 22.6. The van der Waals surface area contributed by atoms with Gasteiger partial charge in [0.25, 0.3) is 0 Å². The summed E-state index contributed by atoms with van der Waals surface area (Å²) in [7, 11) is 0. The van der Waals surface area contributed by atoms with Gasteiger partial charge in [-0.2, -0.15) is 4.98 Å². The molecule has 2 fully saturated rings. The molecule has 9 heteroatoms. The van der Waals surface area contributed by atoms with Crippen LogP contribution in [0.4, 0.5) is 0 Å². The number of aromatic nitrogens is 2. The first-order valence-electron chi connectivity index (χ1n) is 9.30. The second kappa shape index (κ2) is 9.14. The van der Waals surface area contributed by atoms with E-state index in [1.165, 1.54) is 0 Å². The maximum Gasteiger partial charge on any atom is 0.241 e. The van der Waals surface area contributed by atoms with E-state index in [9.17, 15) is 4.79 Å². The molecule has 4 heterocycles. The van der Waals surface area contributed by atoms with Crippen molar-refractivity contribution in [3.05, 3.63) is 23.4 Å². The van der Waals surface area contributed by atoms with E-state index in [0.717, 1.165) is 50.4 Å². The second-order valence-corrected chi connectivity index (χ2v) is 8.11. The highest BCUT2D eigenvalue weighted by molar-refractivity contribution is 7.13. The van der Waals surface area contributed by atoms with Gasteiger partial charge in [-0.3, -0.25) is 9.69 Å². The Morgan fingerprint density at radius 3 is 2.89 bits per heavy atom. The fraction of sp³-hybridized carbons (Fsp3) is 0.611. The highest BCUT2D eigenvalue weighted by atomic mass is 35.5. The van der Waals surface area contributed by atoms with E-state index in [2.05, 4.69) is 27.3 Å². The molecule has 1 amide bonds. The summed E-state index contributed by atoms with van der Waals surface area (Å²) in [5.74, 6) is 1.81. The predicted molar refractivity (Wildman–Crippen MR) is 107 cm³/mol. The van der Waals surface area contributed by atoms with Crippen molar-refractivity contribution in [3.63, 3.8) is 0 Å². The molecule has 0 unspecified atom stereocenters. The number of piperazine rings is 1. The van der Waals surface area contributed by atoms with Crippen LogP contribution < -0.4 is 5.32 Å². The van der Waals surface area contributed by atoms with Crippen molar-refractivity contribution in [1.29, 1.82) is 0 Å². The van der Waals surface area contributed by atoms with Crippen molar-refractivity contribution >= 4 is 29.7 Å². The molecule has 0 spiro atoms. The van der Waals surface area contributed by atoms with Crippen LogP contribution in [0.2, 0.25) is 0 Å². The van der Waals surface area contributed by atoms with Crippen molar-refractivity contribution in [3.8, 4) is 10.7 Å². The molecule has 27 heavy (non-hydrogen) atoms. The minimum Gasteiger partial charge on any atom is -0.340 e. The lowest BCUT2D eigenvalue weighted by Gasteiger charge is -2.37. The zero-order chi connectivity index (χ0) is 17.9. The van der Waals surface area contributed by atoms with Crippen LogP contribution in [0.1, 0.15) is 25.7 Å². The lowest BCUT2D eigenvalue weighted by Crippen LogP contribution is -2.51. The molecule has 2 aliphatic heterocycles. The van der Waals surface area contributed by atoms with Gasteiger partial charge in [0.15, 0.2) is 0 Å². The molecule has 0 bridgehead atoms. The van der Waals surface area contributed by atoms with Gasteiger partial charge in [0.05, 0.1) is 11.4 Å². The maximum absolute atomic E-state index is 12.7. The standard InChI is InChI=1S/C18H25N5O2S.ClH/c1-13-11-14(4-5-19-13)18(24)23-8-6-22(7-9-23)12-16-20-17(21-25-16)15-3-2-10-26-15;/h2-3,10,13-14,19H,4-9,11-12H2,1H3;1H/t13-,14-;/m0./s1. The van der Waals surface area contributed by atoms with E-state index in [1.807, 2.05) is 22.4 Å². The Morgan fingerprint density at radius 2 is 2.19 bits per heavy atom. The summed E-state index contributed by atoms with van der Waals surface area (Å²) < 4.78 is 5.39. The smallest absolute Gasteiger partial charge is 0.241 e. The van der Waals surface area contributed by atoms with E-state index < -0.39 is 0 Å². The minimum atomic E-state index is 0. The van der Waals surface area contributed by atoms with Gasteiger partial charge in [0.1, 0.15) is 0 Å². The van der Waals surface area contributed by atoms with E-state index in [0.29, 0.717) is 30.2 Å². The third-order valence-corrected chi connectivity index (χ3v) is 6.09. The predicted octanol–water partition coefficient (Wildman–Crippen LogP) is 2.25. The zero-order valence-electron chi connectivity index (χ0n) is 15.5. The first kappa shape index (κ1) is 20.3. The van der Waals surface area contributed by atoms with Crippen molar-refractivity contribution < 1.29 is 9.32 Å². The highest BCUT2D eigenvalue weighted by Gasteiger charge is 2.30. The van der Waals surface area contributed by atoms with E-state index in [4.69, 9.17) is 4.52 Å². The Kier molecular flexibility index (Phi) is 6.86. The van der Waals surface area contributed by atoms with Crippen LogP contribution in [0.5, 0.6) is 0 Å². The number of hydrogen-bond donors (Lipinski definition) is 1. The zero-order valence-corrected chi connectivity index (χ0v) is 17.1. The molecular weight excluding hydrogens is 386 g/mol. The van der Waals surface area contributed by atoms with Crippen LogP contribution in [0.15, 0.2) is 22.0 Å². The van der Waals surface area contributed by atoms with Crippen LogP contribution in [-0.4, -0.2) is 64.6 Å². The summed E-state index contributed by atoms with van der Waals surface area (Å²) in [6, 6.07) is 4.41. The Hall–Kier alpha value is -1.48. The van der Waals surface area contributed by atoms with Crippen molar-refractivity contribution in [2.75, 3.05) is 32.7 Å². The number of piperidine rings is 1. The summed E-state index contributed by atoms with van der Waals surface area (Å²) in [5.41, 5.74) is 0. The minimum absolute atomic E-state index is 0. The Morgan fingerprint density at radius 1 is 1.37 bits per heavy atom. The number of amides is 1. The number of rotatable bonds is 4. The van der Waals surface area contributed by atoms with E-state index in [1.54, 1.807) is 11.3 Å². The quantitative estimate of drug-likeness (QED) is 0.831. The molecule has 1 N–H and O–H groups in total. The lowest BCUT2D eigenvalue weighted by molar-refractivity contribution is -0.138. The number of thiophene rings is 1. The van der Waals surface area contributed by atoms with Gasteiger partial charge in [-0.25, -0.2) is 0 Å². The van der Waals surface area contributed by atoms with Gasteiger partial charge in [0, 0.05) is 38.1 Å². The number of carbonyl (C=O) groups is 1.